The van der Waals surface area contributed by atoms with Crippen molar-refractivity contribution in [3.63, 3.8) is 0 Å². The number of hydrogen-bond acceptors (Lipinski definition) is 2. The molecule has 0 aromatic heterocycles. The average Bonchev–Trinajstić information content (AvgIpc) is 2.61. The highest BCUT2D eigenvalue weighted by Crippen LogP contribution is 2.28. The molecule has 0 bridgehead atoms. The van der Waals surface area contributed by atoms with E-state index in [1.54, 1.807) is 0 Å². The first-order chi connectivity index (χ1) is 11.2. The fourth-order valence-corrected chi connectivity index (χ4v) is 3.24. The molecule has 3 heteroatoms. The lowest BCUT2D eigenvalue weighted by molar-refractivity contribution is 0.145. The van der Waals surface area contributed by atoms with Crippen molar-refractivity contribution < 1.29 is 5.11 Å². The standard InChI is InChI=1S/C21H25NO.ClH/c1-3-22(4-2)14-13-21(23)18-12-11-17-10-9-16-7-5-6-8-19(16)20(17)15-18;/h5-12,15,21,23H,3-4,13-14H2,1-2H3;1H. The van der Waals surface area contributed by atoms with E-state index in [-0.39, 0.29) is 12.4 Å². The van der Waals surface area contributed by atoms with Gasteiger partial charge in [-0.3, -0.25) is 0 Å². The minimum atomic E-state index is -0.404. The van der Waals surface area contributed by atoms with Gasteiger partial charge in [0.15, 0.2) is 0 Å². The molecule has 0 saturated carbocycles. The Balaban J connectivity index is 0.00000208. The number of aliphatic hydroxyl groups is 1. The second kappa shape index (κ2) is 8.48. The van der Waals surface area contributed by atoms with Gasteiger partial charge in [0.05, 0.1) is 6.10 Å². The predicted octanol–water partition coefficient (Wildman–Crippen LogP) is 5.18. The van der Waals surface area contributed by atoms with E-state index in [2.05, 4.69) is 73.3 Å². The zero-order valence-corrected chi connectivity index (χ0v) is 15.2. The number of halogens is 1. The summed E-state index contributed by atoms with van der Waals surface area (Å²) in [5.74, 6) is 0. The van der Waals surface area contributed by atoms with E-state index in [1.165, 1.54) is 21.5 Å². The lowest BCUT2D eigenvalue weighted by Crippen LogP contribution is -2.25. The van der Waals surface area contributed by atoms with E-state index >= 15 is 0 Å². The summed E-state index contributed by atoms with van der Waals surface area (Å²) in [6.45, 7) is 7.33. The molecular formula is C21H26ClNO. The largest absolute Gasteiger partial charge is 0.388 e. The van der Waals surface area contributed by atoms with Gasteiger partial charge >= 0.3 is 0 Å². The van der Waals surface area contributed by atoms with Crippen LogP contribution in [0.5, 0.6) is 0 Å². The van der Waals surface area contributed by atoms with Gasteiger partial charge in [0.2, 0.25) is 0 Å². The van der Waals surface area contributed by atoms with Crippen LogP contribution in [0.3, 0.4) is 0 Å². The molecule has 0 amide bonds. The maximum atomic E-state index is 10.6. The van der Waals surface area contributed by atoms with Crippen LogP contribution in [0.15, 0.2) is 54.6 Å². The molecule has 0 saturated heterocycles. The molecule has 0 spiro atoms. The summed E-state index contributed by atoms with van der Waals surface area (Å²) in [4.78, 5) is 2.35. The number of fused-ring (bicyclic) bond motifs is 3. The third kappa shape index (κ3) is 3.89. The monoisotopic (exact) mass is 343 g/mol. The minimum absolute atomic E-state index is 0. The Bertz CT molecular complexity index is 798. The Labute approximate surface area is 150 Å². The van der Waals surface area contributed by atoms with Crippen LogP contribution in [-0.4, -0.2) is 29.6 Å². The van der Waals surface area contributed by atoms with Crippen molar-refractivity contribution >= 4 is 34.0 Å². The van der Waals surface area contributed by atoms with Crippen molar-refractivity contribution in [1.82, 2.24) is 4.90 Å². The second-order valence-electron chi connectivity index (χ2n) is 6.10. The second-order valence-corrected chi connectivity index (χ2v) is 6.10. The molecule has 0 aliphatic rings. The first-order valence-electron chi connectivity index (χ1n) is 8.54. The average molecular weight is 344 g/mol. The van der Waals surface area contributed by atoms with Gasteiger partial charge in [0.25, 0.3) is 0 Å². The van der Waals surface area contributed by atoms with Crippen LogP contribution in [0.25, 0.3) is 21.5 Å². The van der Waals surface area contributed by atoms with Crippen molar-refractivity contribution in [2.45, 2.75) is 26.4 Å². The summed E-state index contributed by atoms with van der Waals surface area (Å²) < 4.78 is 0. The number of nitrogens with zero attached hydrogens (tertiary/aromatic N) is 1. The van der Waals surface area contributed by atoms with Gasteiger partial charge in [-0.2, -0.15) is 0 Å². The molecule has 0 heterocycles. The smallest absolute Gasteiger partial charge is 0.0802 e. The molecule has 128 valence electrons. The van der Waals surface area contributed by atoms with Crippen LogP contribution in [0, 0.1) is 0 Å². The lowest BCUT2D eigenvalue weighted by atomic mass is 9.97. The summed E-state index contributed by atoms with van der Waals surface area (Å²) in [6.07, 6.45) is 0.372. The lowest BCUT2D eigenvalue weighted by Gasteiger charge is -2.20. The third-order valence-corrected chi connectivity index (χ3v) is 4.77. The molecule has 1 unspecified atom stereocenters. The van der Waals surface area contributed by atoms with Gasteiger partial charge in [-0.05, 0) is 52.7 Å². The molecule has 0 aliphatic carbocycles. The molecule has 1 N–H and O–H groups in total. The quantitative estimate of drug-likeness (QED) is 0.623. The first kappa shape index (κ1) is 18.7. The van der Waals surface area contributed by atoms with Crippen LogP contribution in [0.1, 0.15) is 31.9 Å². The summed E-state index contributed by atoms with van der Waals surface area (Å²) >= 11 is 0. The Morgan fingerprint density at radius 1 is 0.875 bits per heavy atom. The maximum Gasteiger partial charge on any atom is 0.0802 e. The van der Waals surface area contributed by atoms with Crippen LogP contribution < -0.4 is 0 Å². The van der Waals surface area contributed by atoms with Crippen molar-refractivity contribution in [2.24, 2.45) is 0 Å². The van der Waals surface area contributed by atoms with Gasteiger partial charge in [0.1, 0.15) is 0 Å². The van der Waals surface area contributed by atoms with Crippen LogP contribution in [0.4, 0.5) is 0 Å². The Morgan fingerprint density at radius 3 is 2.21 bits per heavy atom. The van der Waals surface area contributed by atoms with Crippen LogP contribution >= 0.6 is 12.4 Å². The molecule has 2 nitrogen and oxygen atoms in total. The molecule has 0 aliphatic heterocycles. The molecule has 24 heavy (non-hydrogen) atoms. The van der Waals surface area contributed by atoms with E-state index in [0.717, 1.165) is 31.6 Å². The fourth-order valence-electron chi connectivity index (χ4n) is 3.24. The van der Waals surface area contributed by atoms with Gasteiger partial charge in [-0.1, -0.05) is 62.4 Å². The molecular weight excluding hydrogens is 318 g/mol. The zero-order chi connectivity index (χ0) is 16.2. The van der Waals surface area contributed by atoms with E-state index in [4.69, 9.17) is 0 Å². The molecule has 3 aromatic carbocycles. The molecule has 3 aromatic rings. The van der Waals surface area contributed by atoms with Gasteiger partial charge in [-0.25, -0.2) is 0 Å². The van der Waals surface area contributed by atoms with Crippen LogP contribution in [0.2, 0.25) is 0 Å². The predicted molar refractivity (Wildman–Crippen MR) is 106 cm³/mol. The molecule has 0 radical (unpaired) electrons. The highest BCUT2D eigenvalue weighted by atomic mass is 35.5. The van der Waals surface area contributed by atoms with Crippen LogP contribution in [-0.2, 0) is 0 Å². The fraction of sp³-hybridized carbons (Fsp3) is 0.333. The Morgan fingerprint density at radius 2 is 1.50 bits per heavy atom. The Kier molecular flexibility index (Phi) is 6.61. The molecule has 3 rings (SSSR count). The topological polar surface area (TPSA) is 23.5 Å². The highest BCUT2D eigenvalue weighted by Gasteiger charge is 2.11. The van der Waals surface area contributed by atoms with Crippen molar-refractivity contribution in [3.8, 4) is 0 Å². The van der Waals surface area contributed by atoms with Crippen molar-refractivity contribution in [3.05, 3.63) is 60.2 Å². The van der Waals surface area contributed by atoms with E-state index in [9.17, 15) is 5.11 Å². The third-order valence-electron chi connectivity index (χ3n) is 4.77. The number of hydrogen-bond donors (Lipinski definition) is 1. The summed E-state index contributed by atoms with van der Waals surface area (Å²) in [6, 6.07) is 19.1. The number of aliphatic hydroxyl groups excluding tert-OH is 1. The number of benzene rings is 3. The van der Waals surface area contributed by atoms with E-state index in [1.807, 2.05) is 0 Å². The normalized spacial score (nSPS) is 12.5. The Hall–Kier alpha value is -1.61. The number of rotatable bonds is 6. The van der Waals surface area contributed by atoms with Gasteiger partial charge in [-0.15, -0.1) is 12.4 Å². The van der Waals surface area contributed by atoms with Gasteiger partial charge in [0, 0.05) is 6.54 Å². The van der Waals surface area contributed by atoms with E-state index in [0.29, 0.717) is 0 Å². The van der Waals surface area contributed by atoms with E-state index < -0.39 is 6.10 Å². The molecule has 1 atom stereocenters. The highest BCUT2D eigenvalue weighted by molar-refractivity contribution is 6.07. The molecule has 0 fully saturated rings. The first-order valence-corrected chi connectivity index (χ1v) is 8.54. The minimum Gasteiger partial charge on any atom is -0.388 e. The maximum absolute atomic E-state index is 10.6. The zero-order valence-electron chi connectivity index (χ0n) is 14.4. The SMILES string of the molecule is CCN(CC)CCC(O)c1ccc2ccc3ccccc3c2c1.Cl. The summed E-state index contributed by atoms with van der Waals surface area (Å²) in [5, 5.41) is 15.5. The van der Waals surface area contributed by atoms with Gasteiger partial charge < -0.3 is 10.0 Å². The summed E-state index contributed by atoms with van der Waals surface area (Å²) in [7, 11) is 0. The summed E-state index contributed by atoms with van der Waals surface area (Å²) in [5.41, 5.74) is 1.01. The van der Waals surface area contributed by atoms with Crippen molar-refractivity contribution in [2.75, 3.05) is 19.6 Å². The van der Waals surface area contributed by atoms with Crippen molar-refractivity contribution in [1.29, 1.82) is 0 Å².